The third-order valence-electron chi connectivity index (χ3n) is 10.3. The Kier molecular flexibility index (Phi) is 6.03. The minimum absolute atomic E-state index is 0.0288. The highest BCUT2D eigenvalue weighted by Crippen LogP contribution is 2.66. The van der Waals surface area contributed by atoms with Gasteiger partial charge in [-0.15, -0.1) is 0 Å². The fourth-order valence-electron chi connectivity index (χ4n) is 8.70. The van der Waals surface area contributed by atoms with Crippen LogP contribution in [0.15, 0.2) is 35.4 Å². The van der Waals surface area contributed by atoms with E-state index in [1.807, 2.05) is 0 Å². The highest BCUT2D eigenvalue weighted by Gasteiger charge is 2.57. The van der Waals surface area contributed by atoms with E-state index >= 15 is 0 Å². The first-order chi connectivity index (χ1) is 16.9. The molecule has 4 aliphatic carbocycles. The first-order valence-electron chi connectivity index (χ1n) is 13.8. The molecular formula is C31H41NO3. The lowest BCUT2D eigenvalue weighted by molar-refractivity contribution is -0.181. The number of rotatable bonds is 2. The molecule has 5 aliphatic rings. The SMILES string of the molecule is CN(C)c1ccc(C2C[C@@]3(C)C(C#CCO)CC[C@H]3C3CCC4CC5(CCC4=C23)OCCO5)cc1. The van der Waals surface area contributed by atoms with Crippen LogP contribution in [0.1, 0.15) is 69.8 Å². The van der Waals surface area contributed by atoms with Crippen molar-refractivity contribution in [2.24, 2.45) is 29.1 Å². The second-order valence-corrected chi connectivity index (χ2v) is 12.1. The molecule has 0 aromatic heterocycles. The molecule has 1 saturated heterocycles. The number of hydrogen-bond donors (Lipinski definition) is 1. The van der Waals surface area contributed by atoms with Gasteiger partial charge in [-0.2, -0.15) is 0 Å². The number of aliphatic hydroxyl groups excluding tert-OH is 1. The van der Waals surface area contributed by atoms with Crippen molar-refractivity contribution in [1.29, 1.82) is 0 Å². The summed E-state index contributed by atoms with van der Waals surface area (Å²) in [5.74, 6) is 9.04. The van der Waals surface area contributed by atoms with Crippen LogP contribution < -0.4 is 4.90 Å². The number of ether oxygens (including phenoxy) is 2. The molecule has 1 aromatic carbocycles. The van der Waals surface area contributed by atoms with Gasteiger partial charge < -0.3 is 19.5 Å². The molecule has 1 heterocycles. The van der Waals surface area contributed by atoms with E-state index in [1.165, 1.54) is 43.4 Å². The number of fused-ring (bicyclic) bond motifs is 4. The molecule has 188 valence electrons. The van der Waals surface area contributed by atoms with Gasteiger partial charge in [0, 0.05) is 44.5 Å². The Balaban J connectivity index is 1.42. The average molecular weight is 476 g/mol. The quantitative estimate of drug-likeness (QED) is 0.452. The molecule has 0 bridgehead atoms. The maximum absolute atomic E-state index is 9.41. The van der Waals surface area contributed by atoms with Crippen LogP contribution in [-0.2, 0) is 9.47 Å². The van der Waals surface area contributed by atoms with Gasteiger partial charge in [0.2, 0.25) is 0 Å². The van der Waals surface area contributed by atoms with Crippen molar-refractivity contribution in [2.45, 2.75) is 70.0 Å². The summed E-state index contributed by atoms with van der Waals surface area (Å²) in [5, 5.41) is 9.41. The average Bonchev–Trinajstić information content (AvgIpc) is 3.45. The van der Waals surface area contributed by atoms with Gasteiger partial charge in [-0.1, -0.05) is 42.0 Å². The number of aliphatic hydroxyl groups is 1. The van der Waals surface area contributed by atoms with Crippen LogP contribution in [0, 0.1) is 40.9 Å². The fourth-order valence-corrected chi connectivity index (χ4v) is 8.70. The zero-order valence-electron chi connectivity index (χ0n) is 21.7. The molecule has 4 heteroatoms. The van der Waals surface area contributed by atoms with E-state index in [2.05, 4.69) is 62.0 Å². The summed E-state index contributed by atoms with van der Waals surface area (Å²) in [5.41, 5.74) is 6.47. The highest BCUT2D eigenvalue weighted by molar-refractivity contribution is 5.49. The third kappa shape index (κ3) is 3.86. The molecule has 6 atom stereocenters. The Morgan fingerprint density at radius 1 is 1.03 bits per heavy atom. The number of anilines is 1. The van der Waals surface area contributed by atoms with Crippen molar-refractivity contribution in [1.82, 2.24) is 0 Å². The Morgan fingerprint density at radius 3 is 2.51 bits per heavy atom. The lowest BCUT2D eigenvalue weighted by Gasteiger charge is -2.54. The molecule has 1 aliphatic heterocycles. The Morgan fingerprint density at radius 2 is 1.80 bits per heavy atom. The number of allylic oxidation sites excluding steroid dienone is 2. The fraction of sp³-hybridized carbons (Fsp3) is 0.677. The van der Waals surface area contributed by atoms with Gasteiger partial charge in [-0.25, -0.2) is 0 Å². The van der Waals surface area contributed by atoms with Gasteiger partial charge in [-0.05, 0) is 79.4 Å². The Labute approximate surface area is 211 Å². The highest BCUT2D eigenvalue weighted by atomic mass is 16.7. The van der Waals surface area contributed by atoms with Crippen molar-refractivity contribution in [3.63, 3.8) is 0 Å². The standard InChI is InChI=1S/C31H41NO3/c1-30-20-27(21-6-10-24(11-7-21)32(2)3)29-25-14-15-31(34-17-18-35-31)19-22(25)8-12-26(29)28(30)13-9-23(30)5-4-16-33/h6-7,10-11,22-23,26-28,33H,8-9,12-20H2,1-3H3/t22?,23?,26?,27?,28-,30-/m0/s1. The summed E-state index contributed by atoms with van der Waals surface area (Å²) in [6.07, 6.45) is 9.34. The molecule has 3 saturated carbocycles. The predicted molar refractivity (Wildman–Crippen MR) is 139 cm³/mol. The van der Waals surface area contributed by atoms with Crippen LogP contribution >= 0.6 is 0 Å². The zero-order chi connectivity index (χ0) is 24.2. The molecule has 1 spiro atoms. The lowest BCUT2D eigenvalue weighted by atomic mass is 9.51. The molecule has 4 nitrogen and oxygen atoms in total. The van der Waals surface area contributed by atoms with Gasteiger partial charge >= 0.3 is 0 Å². The van der Waals surface area contributed by atoms with Crippen molar-refractivity contribution in [2.75, 3.05) is 38.8 Å². The van der Waals surface area contributed by atoms with E-state index in [0.717, 1.165) is 32.5 Å². The van der Waals surface area contributed by atoms with Crippen LogP contribution in [0.5, 0.6) is 0 Å². The minimum Gasteiger partial charge on any atom is -0.384 e. The van der Waals surface area contributed by atoms with Crippen molar-refractivity contribution >= 4 is 5.69 Å². The van der Waals surface area contributed by atoms with Gasteiger partial charge in [0.15, 0.2) is 5.79 Å². The van der Waals surface area contributed by atoms with Crippen LogP contribution in [0.2, 0.25) is 0 Å². The van der Waals surface area contributed by atoms with E-state index in [4.69, 9.17) is 9.47 Å². The van der Waals surface area contributed by atoms with Gasteiger partial charge in [0.1, 0.15) is 6.61 Å². The summed E-state index contributed by atoms with van der Waals surface area (Å²) in [4.78, 5) is 2.18. The normalized spacial score (nSPS) is 37.3. The number of nitrogens with zero attached hydrogens (tertiary/aromatic N) is 1. The molecule has 1 N–H and O–H groups in total. The summed E-state index contributed by atoms with van der Waals surface area (Å²) in [6, 6.07) is 9.35. The second kappa shape index (κ2) is 8.94. The van der Waals surface area contributed by atoms with E-state index in [0.29, 0.717) is 29.6 Å². The largest absolute Gasteiger partial charge is 0.384 e. The molecular weight excluding hydrogens is 434 g/mol. The zero-order valence-corrected chi connectivity index (χ0v) is 21.7. The summed E-state index contributed by atoms with van der Waals surface area (Å²) < 4.78 is 12.3. The topological polar surface area (TPSA) is 41.9 Å². The number of hydrogen-bond acceptors (Lipinski definition) is 4. The molecule has 1 aromatic rings. The Bertz CT molecular complexity index is 1040. The summed E-state index contributed by atoms with van der Waals surface area (Å²) in [6.45, 7) is 3.99. The van der Waals surface area contributed by atoms with Crippen molar-refractivity contribution < 1.29 is 14.6 Å². The molecule has 35 heavy (non-hydrogen) atoms. The third-order valence-corrected chi connectivity index (χ3v) is 10.3. The maximum atomic E-state index is 9.41. The van der Waals surface area contributed by atoms with E-state index < -0.39 is 0 Å². The van der Waals surface area contributed by atoms with E-state index in [-0.39, 0.29) is 17.8 Å². The van der Waals surface area contributed by atoms with Crippen molar-refractivity contribution in [3.8, 4) is 11.8 Å². The van der Waals surface area contributed by atoms with Crippen LogP contribution in [0.3, 0.4) is 0 Å². The Hall–Kier alpha value is -1.80. The summed E-state index contributed by atoms with van der Waals surface area (Å²) in [7, 11) is 4.23. The van der Waals surface area contributed by atoms with E-state index in [1.54, 1.807) is 11.1 Å². The monoisotopic (exact) mass is 475 g/mol. The van der Waals surface area contributed by atoms with Gasteiger partial charge in [-0.3, -0.25) is 0 Å². The van der Waals surface area contributed by atoms with Crippen molar-refractivity contribution in [3.05, 3.63) is 41.0 Å². The maximum Gasteiger partial charge on any atom is 0.169 e. The first-order valence-corrected chi connectivity index (χ1v) is 13.8. The lowest BCUT2D eigenvalue weighted by Crippen LogP contribution is -2.46. The predicted octanol–water partition coefficient (Wildman–Crippen LogP) is 5.52. The first kappa shape index (κ1) is 23.6. The minimum atomic E-state index is -0.314. The van der Waals surface area contributed by atoms with Gasteiger partial charge in [0.05, 0.1) is 13.2 Å². The molecule has 6 rings (SSSR count). The molecule has 4 fully saturated rings. The van der Waals surface area contributed by atoms with E-state index in [9.17, 15) is 5.11 Å². The smallest absolute Gasteiger partial charge is 0.169 e. The number of benzene rings is 1. The molecule has 0 amide bonds. The van der Waals surface area contributed by atoms with Crippen LogP contribution in [-0.4, -0.2) is 44.8 Å². The van der Waals surface area contributed by atoms with Gasteiger partial charge in [0.25, 0.3) is 0 Å². The summed E-state index contributed by atoms with van der Waals surface area (Å²) >= 11 is 0. The molecule has 0 radical (unpaired) electrons. The second-order valence-electron chi connectivity index (χ2n) is 12.1. The van der Waals surface area contributed by atoms with Crippen LogP contribution in [0.25, 0.3) is 0 Å². The van der Waals surface area contributed by atoms with Crippen LogP contribution in [0.4, 0.5) is 5.69 Å². The molecule has 4 unspecified atom stereocenters.